The minimum absolute atomic E-state index is 0.270. The smallest absolute Gasteiger partial charge is 0.180 e. The van der Waals surface area contributed by atoms with Crippen molar-refractivity contribution in [1.82, 2.24) is 14.4 Å². The number of aliphatic hydroxyl groups is 1. The van der Waals surface area contributed by atoms with Crippen LogP contribution >= 0.6 is 0 Å². The van der Waals surface area contributed by atoms with Crippen molar-refractivity contribution in [2.24, 2.45) is 0 Å². The normalized spacial score (nSPS) is 18.0. The van der Waals surface area contributed by atoms with Crippen LogP contribution in [-0.2, 0) is 6.42 Å². The minimum Gasteiger partial charge on any atom is -0.391 e. The zero-order chi connectivity index (χ0) is 15.8. The molecule has 0 aliphatic carbocycles. The van der Waals surface area contributed by atoms with E-state index in [4.69, 9.17) is 0 Å². The monoisotopic (exact) mass is 308 g/mol. The topological polar surface area (TPSA) is 53.7 Å². The maximum absolute atomic E-state index is 9.77. The second-order valence-electron chi connectivity index (χ2n) is 6.03. The number of aliphatic hydroxyl groups excluding tert-OH is 1. The van der Waals surface area contributed by atoms with Crippen LogP contribution in [0.3, 0.4) is 0 Å². The largest absolute Gasteiger partial charge is 0.391 e. The van der Waals surface area contributed by atoms with Crippen LogP contribution in [0, 0.1) is 0 Å². The van der Waals surface area contributed by atoms with Crippen molar-refractivity contribution in [3.05, 3.63) is 48.4 Å². The highest BCUT2D eigenvalue weighted by molar-refractivity contribution is 5.71. The van der Waals surface area contributed by atoms with Gasteiger partial charge in [0.05, 0.1) is 18.0 Å². The summed E-state index contributed by atoms with van der Waals surface area (Å²) in [6.07, 6.45) is 7.20. The fourth-order valence-electron chi connectivity index (χ4n) is 3.19. The molecule has 0 radical (unpaired) electrons. The van der Waals surface area contributed by atoms with E-state index in [-0.39, 0.29) is 6.10 Å². The maximum Gasteiger partial charge on any atom is 0.180 e. The lowest BCUT2D eigenvalue weighted by Gasteiger charge is -2.17. The Balaban J connectivity index is 1.77. The molecule has 1 atom stereocenters. The van der Waals surface area contributed by atoms with Gasteiger partial charge in [-0.15, -0.1) is 0 Å². The van der Waals surface area contributed by atoms with Gasteiger partial charge in [0.15, 0.2) is 11.5 Å². The first-order valence-corrected chi connectivity index (χ1v) is 8.10. The highest BCUT2D eigenvalue weighted by Gasteiger charge is 2.24. The summed E-state index contributed by atoms with van der Waals surface area (Å²) < 4.78 is 2.08. The van der Waals surface area contributed by atoms with Crippen molar-refractivity contribution in [1.29, 1.82) is 0 Å². The Morgan fingerprint density at radius 2 is 2.04 bits per heavy atom. The zero-order valence-electron chi connectivity index (χ0n) is 13.2. The average Bonchev–Trinajstić information content (AvgIpc) is 3.21. The number of fused-ring (bicyclic) bond motifs is 1. The minimum atomic E-state index is -0.270. The Morgan fingerprint density at radius 1 is 1.22 bits per heavy atom. The Morgan fingerprint density at radius 3 is 2.74 bits per heavy atom. The fourth-order valence-corrected chi connectivity index (χ4v) is 3.19. The summed E-state index contributed by atoms with van der Waals surface area (Å²) in [5.74, 6) is 0.848. The van der Waals surface area contributed by atoms with E-state index < -0.39 is 0 Å². The number of hydrogen-bond donors (Lipinski definition) is 1. The van der Waals surface area contributed by atoms with Crippen LogP contribution in [0.25, 0.3) is 16.9 Å². The third-order valence-corrected chi connectivity index (χ3v) is 4.53. The Kier molecular flexibility index (Phi) is 3.50. The van der Waals surface area contributed by atoms with Crippen LogP contribution in [0.15, 0.2) is 42.9 Å². The lowest BCUT2D eigenvalue weighted by Crippen LogP contribution is -2.23. The highest BCUT2D eigenvalue weighted by Crippen LogP contribution is 2.27. The van der Waals surface area contributed by atoms with Crippen molar-refractivity contribution in [3.63, 3.8) is 0 Å². The molecule has 0 spiro atoms. The SMILES string of the molecule is CCc1ccc(-c2cnc3c(N4CCC(O)C4)nccn23)cc1. The molecule has 1 N–H and O–H groups in total. The molecular formula is C18H20N4O. The summed E-state index contributed by atoms with van der Waals surface area (Å²) in [6.45, 7) is 3.60. The van der Waals surface area contributed by atoms with Gasteiger partial charge in [0.2, 0.25) is 0 Å². The molecule has 23 heavy (non-hydrogen) atoms. The predicted octanol–water partition coefficient (Wildman–Crippen LogP) is 2.53. The number of β-amino-alcohol motifs (C(OH)–C–C–N with tert-alkyl or cyclic N) is 1. The molecule has 5 nitrogen and oxygen atoms in total. The second-order valence-corrected chi connectivity index (χ2v) is 6.03. The summed E-state index contributed by atoms with van der Waals surface area (Å²) in [5, 5.41) is 9.77. The third-order valence-electron chi connectivity index (χ3n) is 4.53. The lowest BCUT2D eigenvalue weighted by molar-refractivity contribution is 0.198. The van der Waals surface area contributed by atoms with Gasteiger partial charge in [-0.2, -0.15) is 0 Å². The second kappa shape index (κ2) is 5.66. The molecule has 118 valence electrons. The fraction of sp³-hybridized carbons (Fsp3) is 0.333. The molecule has 1 aliphatic rings. The van der Waals surface area contributed by atoms with Crippen LogP contribution in [-0.4, -0.2) is 38.7 Å². The highest BCUT2D eigenvalue weighted by atomic mass is 16.3. The summed E-state index contributed by atoms with van der Waals surface area (Å²) in [7, 11) is 0. The molecule has 0 amide bonds. The molecule has 2 aromatic heterocycles. The number of benzene rings is 1. The molecule has 0 saturated carbocycles. The van der Waals surface area contributed by atoms with E-state index in [1.54, 1.807) is 6.20 Å². The van der Waals surface area contributed by atoms with Gasteiger partial charge in [-0.25, -0.2) is 9.97 Å². The van der Waals surface area contributed by atoms with E-state index in [2.05, 4.69) is 50.5 Å². The Bertz CT molecular complexity index is 825. The molecule has 1 aliphatic heterocycles. The van der Waals surface area contributed by atoms with Crippen molar-refractivity contribution >= 4 is 11.5 Å². The first kappa shape index (κ1) is 14.2. The Hall–Kier alpha value is -2.40. The van der Waals surface area contributed by atoms with Gasteiger partial charge in [-0.05, 0) is 18.4 Å². The first-order chi connectivity index (χ1) is 11.3. The van der Waals surface area contributed by atoms with Gasteiger partial charge in [-0.3, -0.25) is 4.40 Å². The number of nitrogens with zero attached hydrogens (tertiary/aromatic N) is 4. The third kappa shape index (κ3) is 2.47. The predicted molar refractivity (Wildman–Crippen MR) is 90.6 cm³/mol. The van der Waals surface area contributed by atoms with E-state index in [0.29, 0.717) is 6.54 Å². The van der Waals surface area contributed by atoms with Crippen molar-refractivity contribution in [2.45, 2.75) is 25.9 Å². The van der Waals surface area contributed by atoms with Crippen LogP contribution in [0.1, 0.15) is 18.9 Å². The van der Waals surface area contributed by atoms with Crippen LogP contribution in [0.2, 0.25) is 0 Å². The molecule has 1 aromatic carbocycles. The van der Waals surface area contributed by atoms with Crippen molar-refractivity contribution in [2.75, 3.05) is 18.0 Å². The molecule has 3 aromatic rings. The van der Waals surface area contributed by atoms with Gasteiger partial charge in [0, 0.05) is 31.0 Å². The molecule has 0 bridgehead atoms. The molecule has 1 unspecified atom stereocenters. The van der Waals surface area contributed by atoms with E-state index in [1.807, 2.05) is 12.4 Å². The zero-order valence-corrected chi connectivity index (χ0v) is 13.2. The van der Waals surface area contributed by atoms with E-state index >= 15 is 0 Å². The molecule has 5 heteroatoms. The lowest BCUT2D eigenvalue weighted by atomic mass is 10.1. The van der Waals surface area contributed by atoms with Gasteiger partial charge < -0.3 is 10.0 Å². The number of imidazole rings is 1. The van der Waals surface area contributed by atoms with Gasteiger partial charge >= 0.3 is 0 Å². The van der Waals surface area contributed by atoms with Gasteiger partial charge in [0.25, 0.3) is 0 Å². The number of rotatable bonds is 3. The number of aromatic nitrogens is 3. The van der Waals surface area contributed by atoms with Gasteiger partial charge in [0.1, 0.15) is 0 Å². The summed E-state index contributed by atoms with van der Waals surface area (Å²) in [5.41, 5.74) is 4.38. The van der Waals surface area contributed by atoms with E-state index in [9.17, 15) is 5.11 Å². The van der Waals surface area contributed by atoms with Crippen molar-refractivity contribution in [3.8, 4) is 11.3 Å². The maximum atomic E-state index is 9.77. The standard InChI is InChI=1S/C18H20N4O/c1-2-13-3-5-14(6-4-13)16-11-20-18-17(19-8-10-22(16)18)21-9-7-15(23)12-21/h3-6,8,10-11,15,23H,2,7,9,12H2,1H3. The Labute approximate surface area is 135 Å². The van der Waals surface area contributed by atoms with Crippen molar-refractivity contribution < 1.29 is 5.11 Å². The molecule has 1 fully saturated rings. The van der Waals surface area contributed by atoms with E-state index in [1.165, 1.54) is 5.56 Å². The number of aryl methyl sites for hydroxylation is 1. The number of anilines is 1. The first-order valence-electron chi connectivity index (χ1n) is 8.10. The van der Waals surface area contributed by atoms with Crippen LogP contribution < -0.4 is 4.90 Å². The van der Waals surface area contributed by atoms with Crippen LogP contribution in [0.4, 0.5) is 5.82 Å². The summed E-state index contributed by atoms with van der Waals surface area (Å²) in [4.78, 5) is 11.2. The van der Waals surface area contributed by atoms with Gasteiger partial charge in [-0.1, -0.05) is 31.2 Å². The average molecular weight is 308 g/mol. The van der Waals surface area contributed by atoms with Crippen LogP contribution in [0.5, 0.6) is 0 Å². The quantitative estimate of drug-likeness (QED) is 0.808. The number of hydrogen-bond acceptors (Lipinski definition) is 4. The molecular weight excluding hydrogens is 288 g/mol. The molecule has 1 saturated heterocycles. The molecule has 3 heterocycles. The van der Waals surface area contributed by atoms with E-state index in [0.717, 1.165) is 42.1 Å². The summed E-state index contributed by atoms with van der Waals surface area (Å²) >= 11 is 0. The summed E-state index contributed by atoms with van der Waals surface area (Å²) in [6, 6.07) is 8.60. The molecule has 4 rings (SSSR count).